The summed E-state index contributed by atoms with van der Waals surface area (Å²) in [4.78, 5) is 36.1. The Morgan fingerprint density at radius 2 is 1.78 bits per heavy atom. The number of carbonyl (C=O) groups excluding carboxylic acids is 2. The summed E-state index contributed by atoms with van der Waals surface area (Å²) in [5.41, 5.74) is 2.93. The standard InChI is InChI=1S/C28H32ClN5O3/c29-22-9-10-24-25(18-22)30-12-11-26(24)32-14-16-33(17-15-32)27(35)31-23-8-4-5-13-34(19-23)28(36)37-20-21-6-2-1-3-7-21/h1-3,6-7,9-12,18,23H,4-5,8,13-17,19-20H2,(H,31,35). The smallest absolute Gasteiger partial charge is 0.410 e. The van der Waals surface area contributed by atoms with Gasteiger partial charge in [0.05, 0.1) is 5.52 Å². The van der Waals surface area contributed by atoms with Crippen LogP contribution in [0.25, 0.3) is 10.9 Å². The minimum atomic E-state index is -0.329. The molecule has 1 aromatic heterocycles. The Balaban J connectivity index is 1.13. The van der Waals surface area contributed by atoms with Crippen molar-refractivity contribution in [1.29, 1.82) is 0 Å². The molecule has 2 saturated heterocycles. The first-order valence-electron chi connectivity index (χ1n) is 12.9. The van der Waals surface area contributed by atoms with Gasteiger partial charge in [-0.05, 0) is 49.1 Å². The Hall–Kier alpha value is -3.52. The van der Waals surface area contributed by atoms with E-state index >= 15 is 0 Å². The molecule has 3 heterocycles. The number of nitrogens with zero attached hydrogens (tertiary/aromatic N) is 4. The molecule has 0 spiro atoms. The molecular formula is C28H32ClN5O3. The van der Waals surface area contributed by atoms with Gasteiger partial charge in [-0.1, -0.05) is 41.9 Å². The van der Waals surface area contributed by atoms with Crippen molar-refractivity contribution in [3.05, 3.63) is 71.4 Å². The van der Waals surface area contributed by atoms with Crippen molar-refractivity contribution in [3.8, 4) is 0 Å². The van der Waals surface area contributed by atoms with Crippen molar-refractivity contribution in [2.75, 3.05) is 44.2 Å². The SMILES string of the molecule is O=C(NC1CCCCN(C(=O)OCc2ccccc2)C1)N1CCN(c2ccnc3cc(Cl)ccc23)CC1. The minimum Gasteiger partial charge on any atom is -0.445 e. The first-order valence-corrected chi connectivity index (χ1v) is 13.2. The van der Waals surface area contributed by atoms with E-state index in [-0.39, 0.29) is 24.8 Å². The van der Waals surface area contributed by atoms with Crippen LogP contribution in [0.1, 0.15) is 24.8 Å². The zero-order valence-electron chi connectivity index (χ0n) is 20.8. The maximum atomic E-state index is 13.1. The number of hydrogen-bond acceptors (Lipinski definition) is 5. The second-order valence-corrected chi connectivity index (χ2v) is 10.0. The van der Waals surface area contributed by atoms with E-state index in [1.807, 2.05) is 59.5 Å². The molecule has 1 unspecified atom stereocenters. The molecule has 0 aliphatic carbocycles. The molecule has 0 radical (unpaired) electrons. The lowest BCUT2D eigenvalue weighted by molar-refractivity contribution is 0.0945. The van der Waals surface area contributed by atoms with Gasteiger partial charge in [-0.3, -0.25) is 4.98 Å². The lowest BCUT2D eigenvalue weighted by Crippen LogP contribution is -2.55. The number of amides is 3. The second-order valence-electron chi connectivity index (χ2n) is 9.59. The fourth-order valence-corrected chi connectivity index (χ4v) is 5.20. The molecule has 8 nitrogen and oxygen atoms in total. The van der Waals surface area contributed by atoms with Gasteiger partial charge in [0.25, 0.3) is 0 Å². The number of carbonyl (C=O) groups is 2. The van der Waals surface area contributed by atoms with Gasteiger partial charge >= 0.3 is 12.1 Å². The van der Waals surface area contributed by atoms with Crippen molar-refractivity contribution < 1.29 is 14.3 Å². The Kier molecular flexibility index (Phi) is 7.94. The molecule has 5 rings (SSSR count). The lowest BCUT2D eigenvalue weighted by atomic mass is 10.1. The number of aromatic nitrogens is 1. The van der Waals surface area contributed by atoms with E-state index in [0.717, 1.165) is 54.5 Å². The van der Waals surface area contributed by atoms with Crippen LogP contribution in [0.4, 0.5) is 15.3 Å². The van der Waals surface area contributed by atoms with E-state index in [2.05, 4.69) is 15.2 Å². The van der Waals surface area contributed by atoms with Crippen LogP contribution in [0.15, 0.2) is 60.8 Å². The number of hydrogen-bond donors (Lipinski definition) is 1. The Labute approximate surface area is 222 Å². The Morgan fingerprint density at radius 1 is 0.973 bits per heavy atom. The van der Waals surface area contributed by atoms with E-state index in [4.69, 9.17) is 16.3 Å². The van der Waals surface area contributed by atoms with Gasteiger partial charge in [0.15, 0.2) is 0 Å². The normalized spacial score (nSPS) is 18.4. The molecule has 194 valence electrons. The van der Waals surface area contributed by atoms with E-state index in [1.54, 1.807) is 11.1 Å². The van der Waals surface area contributed by atoms with Crippen molar-refractivity contribution in [2.45, 2.75) is 31.9 Å². The van der Waals surface area contributed by atoms with Gasteiger partial charge in [-0.25, -0.2) is 9.59 Å². The largest absolute Gasteiger partial charge is 0.445 e. The van der Waals surface area contributed by atoms with Crippen LogP contribution in [0, 0.1) is 0 Å². The number of likely N-dealkylation sites (tertiary alicyclic amines) is 1. The van der Waals surface area contributed by atoms with Gasteiger partial charge in [0.1, 0.15) is 6.61 Å². The topological polar surface area (TPSA) is 78.0 Å². The zero-order valence-corrected chi connectivity index (χ0v) is 21.6. The summed E-state index contributed by atoms with van der Waals surface area (Å²) >= 11 is 6.13. The summed E-state index contributed by atoms with van der Waals surface area (Å²) in [6, 6.07) is 17.3. The summed E-state index contributed by atoms with van der Waals surface area (Å²) in [7, 11) is 0. The van der Waals surface area contributed by atoms with Gasteiger partial charge < -0.3 is 24.8 Å². The maximum Gasteiger partial charge on any atom is 0.410 e. The van der Waals surface area contributed by atoms with Crippen molar-refractivity contribution >= 4 is 40.3 Å². The lowest BCUT2D eigenvalue weighted by Gasteiger charge is -2.37. The molecule has 3 amide bonds. The number of piperazine rings is 1. The molecule has 0 saturated carbocycles. The van der Waals surface area contributed by atoms with Gasteiger partial charge in [0, 0.05) is 67.6 Å². The van der Waals surface area contributed by atoms with E-state index < -0.39 is 0 Å². The zero-order chi connectivity index (χ0) is 25.6. The number of nitrogens with one attached hydrogen (secondary N) is 1. The molecule has 0 bridgehead atoms. The number of benzene rings is 2. The number of anilines is 1. The molecule has 37 heavy (non-hydrogen) atoms. The average Bonchev–Trinajstić information content (AvgIpc) is 3.17. The van der Waals surface area contributed by atoms with Gasteiger partial charge in [-0.15, -0.1) is 0 Å². The van der Waals surface area contributed by atoms with Crippen LogP contribution >= 0.6 is 11.6 Å². The highest BCUT2D eigenvalue weighted by Crippen LogP contribution is 2.28. The highest BCUT2D eigenvalue weighted by molar-refractivity contribution is 6.31. The van der Waals surface area contributed by atoms with E-state index in [0.29, 0.717) is 31.2 Å². The summed E-state index contributed by atoms with van der Waals surface area (Å²) in [5, 5.41) is 4.90. The van der Waals surface area contributed by atoms with E-state index in [9.17, 15) is 9.59 Å². The van der Waals surface area contributed by atoms with Crippen molar-refractivity contribution in [3.63, 3.8) is 0 Å². The summed E-state index contributed by atoms with van der Waals surface area (Å²) in [6.45, 7) is 4.07. The number of halogens is 1. The third kappa shape index (κ3) is 6.25. The molecular weight excluding hydrogens is 490 g/mol. The summed E-state index contributed by atoms with van der Waals surface area (Å²) in [5.74, 6) is 0. The molecule has 2 aromatic carbocycles. The maximum absolute atomic E-state index is 13.1. The first kappa shape index (κ1) is 25.1. The molecule has 2 fully saturated rings. The van der Waals surface area contributed by atoms with E-state index in [1.165, 1.54) is 0 Å². The second kappa shape index (κ2) is 11.7. The fourth-order valence-electron chi connectivity index (χ4n) is 5.03. The first-order chi connectivity index (χ1) is 18.1. The number of rotatable bonds is 4. The number of urea groups is 1. The molecule has 2 aliphatic heterocycles. The Bertz CT molecular complexity index is 1230. The predicted octanol–water partition coefficient (Wildman–Crippen LogP) is 4.91. The third-order valence-electron chi connectivity index (χ3n) is 7.05. The van der Waals surface area contributed by atoms with Crippen LogP contribution < -0.4 is 10.2 Å². The number of pyridine rings is 1. The molecule has 2 aliphatic rings. The summed E-state index contributed by atoms with van der Waals surface area (Å²) < 4.78 is 5.53. The third-order valence-corrected chi connectivity index (χ3v) is 7.29. The van der Waals surface area contributed by atoms with Gasteiger partial charge in [-0.2, -0.15) is 0 Å². The van der Waals surface area contributed by atoms with Crippen LogP contribution in [-0.2, 0) is 11.3 Å². The average molecular weight is 522 g/mol. The number of ether oxygens (including phenoxy) is 1. The molecule has 1 N–H and O–H groups in total. The monoisotopic (exact) mass is 521 g/mol. The Morgan fingerprint density at radius 3 is 2.59 bits per heavy atom. The molecule has 1 atom stereocenters. The minimum absolute atomic E-state index is 0.0736. The molecule has 9 heteroatoms. The van der Waals surface area contributed by atoms with Crippen LogP contribution in [0.3, 0.4) is 0 Å². The number of fused-ring (bicyclic) bond motifs is 1. The highest BCUT2D eigenvalue weighted by Gasteiger charge is 2.27. The fraction of sp³-hybridized carbons (Fsp3) is 0.393. The van der Waals surface area contributed by atoms with Crippen LogP contribution in [0.5, 0.6) is 0 Å². The quantitative estimate of drug-likeness (QED) is 0.528. The highest BCUT2D eigenvalue weighted by atomic mass is 35.5. The van der Waals surface area contributed by atoms with Crippen LogP contribution in [-0.4, -0.2) is 72.2 Å². The molecule has 3 aromatic rings. The van der Waals surface area contributed by atoms with Crippen LogP contribution in [0.2, 0.25) is 5.02 Å². The summed E-state index contributed by atoms with van der Waals surface area (Å²) in [6.07, 6.45) is 4.18. The van der Waals surface area contributed by atoms with Gasteiger partial charge in [0.2, 0.25) is 0 Å². The predicted molar refractivity (Wildman–Crippen MR) is 145 cm³/mol. The van der Waals surface area contributed by atoms with Crippen molar-refractivity contribution in [2.24, 2.45) is 0 Å². The van der Waals surface area contributed by atoms with Crippen molar-refractivity contribution in [1.82, 2.24) is 20.1 Å².